The molecule has 37 heavy (non-hydrogen) atoms. The highest BCUT2D eigenvalue weighted by molar-refractivity contribution is 6.42. The zero-order chi connectivity index (χ0) is 25.9. The number of fused-ring (bicyclic) bond motifs is 1. The number of nitrogens with zero attached hydrogens (tertiary/aromatic N) is 5. The first-order chi connectivity index (χ1) is 17.9. The van der Waals surface area contributed by atoms with E-state index in [-0.39, 0.29) is 17.9 Å². The van der Waals surface area contributed by atoms with Gasteiger partial charge in [-0.1, -0.05) is 29.3 Å². The normalized spacial score (nSPS) is 14.4. The lowest BCUT2D eigenvalue weighted by Gasteiger charge is -2.36. The van der Waals surface area contributed by atoms with Crippen LogP contribution in [-0.2, 0) is 31.4 Å². The van der Waals surface area contributed by atoms with E-state index in [1.807, 2.05) is 24.3 Å². The second-order valence-electron chi connectivity index (χ2n) is 9.54. The Hall–Kier alpha value is -3.13. The van der Waals surface area contributed by atoms with Crippen LogP contribution in [0.3, 0.4) is 0 Å². The largest absolute Gasteiger partial charge is 0.369 e. The van der Waals surface area contributed by atoms with Crippen LogP contribution in [0.2, 0.25) is 10.0 Å². The van der Waals surface area contributed by atoms with Crippen molar-refractivity contribution in [2.24, 2.45) is 7.05 Å². The maximum absolute atomic E-state index is 13.2. The minimum atomic E-state index is -0.197. The van der Waals surface area contributed by atoms with E-state index in [1.165, 1.54) is 16.6 Å². The van der Waals surface area contributed by atoms with Crippen LogP contribution in [-0.4, -0.2) is 51.0 Å². The molecule has 0 saturated carbocycles. The van der Waals surface area contributed by atoms with Crippen molar-refractivity contribution in [1.29, 1.82) is 0 Å². The van der Waals surface area contributed by atoms with E-state index >= 15 is 0 Å². The molecule has 1 aliphatic heterocycles. The Kier molecular flexibility index (Phi) is 7.65. The lowest BCUT2D eigenvalue weighted by atomic mass is 10.1. The molecule has 0 aliphatic carbocycles. The Morgan fingerprint density at radius 3 is 2.54 bits per heavy atom. The van der Waals surface area contributed by atoms with Crippen LogP contribution < -0.4 is 10.5 Å². The van der Waals surface area contributed by atoms with E-state index in [0.29, 0.717) is 33.8 Å². The molecule has 0 spiro atoms. The highest BCUT2D eigenvalue weighted by atomic mass is 35.5. The summed E-state index contributed by atoms with van der Waals surface area (Å²) in [5, 5.41) is 1.48. The molecule has 2 aromatic heterocycles. The molecule has 0 N–H and O–H groups in total. The monoisotopic (exact) mass is 537 g/mol. The number of aromatic nitrogens is 3. The fourth-order valence-corrected chi connectivity index (χ4v) is 5.08. The number of halogens is 2. The molecular weight excluding hydrogens is 509 g/mol. The lowest BCUT2D eigenvalue weighted by molar-refractivity contribution is -0.119. The number of anilines is 1. The van der Waals surface area contributed by atoms with Gasteiger partial charge in [0.05, 0.1) is 33.8 Å². The second-order valence-corrected chi connectivity index (χ2v) is 10.4. The average molecular weight is 538 g/mol. The van der Waals surface area contributed by atoms with Gasteiger partial charge in [-0.15, -0.1) is 0 Å². The molecule has 1 saturated heterocycles. The van der Waals surface area contributed by atoms with Crippen molar-refractivity contribution in [3.8, 4) is 0 Å². The summed E-state index contributed by atoms with van der Waals surface area (Å²) in [5.74, 6) is -0.0418. The molecule has 9 heteroatoms. The number of carbonyl (C=O) groups excluding carboxylic acids is 1. The van der Waals surface area contributed by atoms with E-state index in [1.54, 1.807) is 12.1 Å². The molecule has 7 nitrogen and oxygen atoms in total. The summed E-state index contributed by atoms with van der Waals surface area (Å²) < 4.78 is 3.56. The standard InChI is InChI=1S/C28H29Cl2N5O2/c1-32-10-2-3-22(32)17-33-11-13-34(14-12-33)21-6-9-27-24(16-21)28(37)35(19-31-27)18-23(36)7-4-20-5-8-25(29)26(30)15-20/h2-3,5-6,8-10,15-16,19H,4,7,11-14,17-18H2,1H3. The summed E-state index contributed by atoms with van der Waals surface area (Å²) in [6.07, 6.45) is 4.37. The van der Waals surface area contributed by atoms with Crippen LogP contribution >= 0.6 is 23.2 Å². The van der Waals surface area contributed by atoms with E-state index in [4.69, 9.17) is 23.2 Å². The van der Waals surface area contributed by atoms with Crippen molar-refractivity contribution in [1.82, 2.24) is 19.0 Å². The predicted octanol–water partition coefficient (Wildman–Crippen LogP) is 4.57. The van der Waals surface area contributed by atoms with Crippen LogP contribution in [0.1, 0.15) is 17.7 Å². The first kappa shape index (κ1) is 25.5. The lowest BCUT2D eigenvalue weighted by Crippen LogP contribution is -2.46. The third-order valence-electron chi connectivity index (χ3n) is 7.01. The number of aryl methyl sites for hydroxylation is 2. The summed E-state index contributed by atoms with van der Waals surface area (Å²) in [7, 11) is 2.07. The van der Waals surface area contributed by atoms with E-state index < -0.39 is 0 Å². The molecular formula is C28H29Cl2N5O2. The fourth-order valence-electron chi connectivity index (χ4n) is 4.76. The third kappa shape index (κ3) is 5.90. The van der Waals surface area contributed by atoms with Crippen molar-refractivity contribution in [3.05, 3.63) is 92.7 Å². The number of ketones is 1. The van der Waals surface area contributed by atoms with Crippen molar-refractivity contribution >= 4 is 45.6 Å². The van der Waals surface area contributed by atoms with Gasteiger partial charge in [0.25, 0.3) is 5.56 Å². The summed E-state index contributed by atoms with van der Waals surface area (Å²) in [5.41, 5.74) is 3.68. The van der Waals surface area contributed by atoms with E-state index in [9.17, 15) is 9.59 Å². The molecule has 4 aromatic rings. The maximum Gasteiger partial charge on any atom is 0.261 e. The smallest absolute Gasteiger partial charge is 0.261 e. The Morgan fingerprint density at radius 2 is 1.81 bits per heavy atom. The number of rotatable bonds is 8. The summed E-state index contributed by atoms with van der Waals surface area (Å²) in [6.45, 7) is 4.60. The topological polar surface area (TPSA) is 63.4 Å². The van der Waals surface area contributed by atoms with Crippen LogP contribution in [0.4, 0.5) is 5.69 Å². The predicted molar refractivity (Wildman–Crippen MR) is 149 cm³/mol. The highest BCUT2D eigenvalue weighted by Gasteiger charge is 2.19. The fraction of sp³-hybridized carbons (Fsp3) is 0.321. The van der Waals surface area contributed by atoms with Crippen LogP contribution in [0.25, 0.3) is 10.9 Å². The van der Waals surface area contributed by atoms with Crippen LogP contribution in [0.5, 0.6) is 0 Å². The Morgan fingerprint density at radius 1 is 1.00 bits per heavy atom. The molecule has 0 bridgehead atoms. The molecule has 1 aliphatic rings. The van der Waals surface area contributed by atoms with Gasteiger partial charge in [-0.05, 0) is 54.4 Å². The van der Waals surface area contributed by atoms with Crippen molar-refractivity contribution in [3.63, 3.8) is 0 Å². The Balaban J connectivity index is 1.23. The summed E-state index contributed by atoms with van der Waals surface area (Å²) in [6, 6.07) is 15.4. The van der Waals surface area contributed by atoms with Crippen molar-refractivity contribution < 1.29 is 4.79 Å². The van der Waals surface area contributed by atoms with Gasteiger partial charge in [-0.3, -0.25) is 19.1 Å². The van der Waals surface area contributed by atoms with E-state index in [0.717, 1.165) is 44.0 Å². The van der Waals surface area contributed by atoms with Crippen LogP contribution in [0.15, 0.2) is 65.8 Å². The van der Waals surface area contributed by atoms with Gasteiger partial charge in [0.2, 0.25) is 0 Å². The van der Waals surface area contributed by atoms with Gasteiger partial charge >= 0.3 is 0 Å². The van der Waals surface area contributed by atoms with Gasteiger partial charge in [0.15, 0.2) is 5.78 Å². The Labute approximate surface area is 225 Å². The van der Waals surface area contributed by atoms with Crippen molar-refractivity contribution in [2.45, 2.75) is 25.9 Å². The van der Waals surface area contributed by atoms with Gasteiger partial charge in [0, 0.05) is 63.8 Å². The number of benzene rings is 2. The number of carbonyl (C=O) groups is 1. The number of Topliss-reactive ketones (excluding diaryl/α,β-unsaturated/α-hetero) is 1. The SMILES string of the molecule is Cn1cccc1CN1CCN(c2ccc3ncn(CC(=O)CCc4ccc(Cl)c(Cl)c4)c(=O)c3c2)CC1. The number of piperazine rings is 1. The first-order valence-electron chi connectivity index (χ1n) is 12.4. The molecule has 2 aromatic carbocycles. The molecule has 0 unspecified atom stereocenters. The minimum absolute atomic E-state index is 0.00878. The molecule has 0 amide bonds. The molecule has 0 atom stereocenters. The summed E-state index contributed by atoms with van der Waals surface area (Å²) >= 11 is 12.0. The zero-order valence-corrected chi connectivity index (χ0v) is 22.3. The van der Waals surface area contributed by atoms with Gasteiger partial charge in [-0.25, -0.2) is 4.98 Å². The zero-order valence-electron chi connectivity index (χ0n) is 20.7. The van der Waals surface area contributed by atoms with Gasteiger partial charge < -0.3 is 9.47 Å². The maximum atomic E-state index is 13.2. The molecule has 192 valence electrons. The van der Waals surface area contributed by atoms with Crippen LogP contribution in [0, 0.1) is 0 Å². The molecule has 0 radical (unpaired) electrons. The molecule has 3 heterocycles. The van der Waals surface area contributed by atoms with Gasteiger partial charge in [-0.2, -0.15) is 0 Å². The highest BCUT2D eigenvalue weighted by Crippen LogP contribution is 2.23. The third-order valence-corrected chi connectivity index (χ3v) is 7.74. The second kappa shape index (κ2) is 11.1. The number of hydrogen-bond acceptors (Lipinski definition) is 5. The minimum Gasteiger partial charge on any atom is -0.369 e. The number of hydrogen-bond donors (Lipinski definition) is 0. The Bertz CT molecular complexity index is 1490. The molecule has 1 fully saturated rings. The summed E-state index contributed by atoms with van der Waals surface area (Å²) in [4.78, 5) is 35.1. The quantitative estimate of drug-likeness (QED) is 0.329. The average Bonchev–Trinajstić information content (AvgIpc) is 3.31. The van der Waals surface area contributed by atoms with Gasteiger partial charge in [0.1, 0.15) is 0 Å². The van der Waals surface area contributed by atoms with E-state index in [2.05, 4.69) is 44.7 Å². The molecule has 5 rings (SSSR count). The first-order valence-corrected chi connectivity index (χ1v) is 13.2. The van der Waals surface area contributed by atoms with Crippen molar-refractivity contribution in [2.75, 3.05) is 31.1 Å².